The number of hydrogen-bond acceptors (Lipinski definition) is 2. The molecule has 0 fully saturated rings. The molecule has 1 atom stereocenters. The van der Waals surface area contributed by atoms with E-state index in [1.165, 1.54) is 12.1 Å². The zero-order valence-corrected chi connectivity index (χ0v) is 13.0. The van der Waals surface area contributed by atoms with Gasteiger partial charge in [-0.05, 0) is 17.7 Å². The van der Waals surface area contributed by atoms with Crippen LogP contribution in [-0.4, -0.2) is 16.1 Å². The number of halogens is 3. The molecule has 0 saturated carbocycles. The first-order chi connectivity index (χ1) is 11.9. The van der Waals surface area contributed by atoms with Crippen LogP contribution in [0.3, 0.4) is 0 Å². The monoisotopic (exact) mass is 348 g/mol. The van der Waals surface area contributed by atoms with Crippen LogP contribution < -0.4 is 5.32 Å². The number of hydrogen-bond donors (Lipinski definition) is 3. The van der Waals surface area contributed by atoms with E-state index in [0.29, 0.717) is 11.1 Å². The van der Waals surface area contributed by atoms with E-state index in [0.717, 1.165) is 23.0 Å². The van der Waals surface area contributed by atoms with Gasteiger partial charge in [-0.3, -0.25) is 10.1 Å². The molecule has 1 aromatic heterocycles. The minimum absolute atomic E-state index is 0.000390. The van der Waals surface area contributed by atoms with Gasteiger partial charge in [-0.25, -0.2) is 0 Å². The smallest absolute Gasteiger partial charge is 0.416 e. The van der Waals surface area contributed by atoms with Gasteiger partial charge in [-0.2, -0.15) is 13.2 Å². The molecule has 25 heavy (non-hydrogen) atoms. The highest BCUT2D eigenvalue weighted by atomic mass is 19.4. The fraction of sp³-hybridized carbons (Fsp3) is 0.167. The Labute approximate surface area is 141 Å². The molecule has 1 unspecified atom stereocenters. The van der Waals surface area contributed by atoms with Crippen molar-refractivity contribution in [1.29, 1.82) is 0 Å². The fourth-order valence-electron chi connectivity index (χ4n) is 2.74. The molecule has 4 nitrogen and oxygen atoms in total. The van der Waals surface area contributed by atoms with Crippen LogP contribution >= 0.6 is 0 Å². The van der Waals surface area contributed by atoms with Gasteiger partial charge >= 0.3 is 12.1 Å². The van der Waals surface area contributed by atoms with Crippen molar-refractivity contribution in [3.8, 4) is 0 Å². The number of fused-ring (bicyclic) bond motifs is 1. The molecule has 0 amide bonds. The lowest BCUT2D eigenvalue weighted by molar-refractivity contribution is -0.140. The average molecular weight is 348 g/mol. The zero-order valence-electron chi connectivity index (χ0n) is 13.0. The molecule has 7 heteroatoms. The van der Waals surface area contributed by atoms with Gasteiger partial charge in [0.2, 0.25) is 0 Å². The number of aliphatic carboxylic acids is 1. The highest BCUT2D eigenvalue weighted by Gasteiger charge is 2.30. The number of alkyl halides is 3. The number of rotatable bonds is 5. The van der Waals surface area contributed by atoms with Crippen molar-refractivity contribution in [3.63, 3.8) is 0 Å². The zero-order chi connectivity index (χ0) is 18.0. The molecule has 0 aliphatic heterocycles. The molecular formula is C18H15F3N2O2. The third-order valence-corrected chi connectivity index (χ3v) is 3.94. The second-order valence-electron chi connectivity index (χ2n) is 5.64. The molecule has 1 heterocycles. The Morgan fingerprint density at radius 2 is 1.92 bits per heavy atom. The molecule has 3 rings (SSSR count). The SMILES string of the molecule is O=C(O)C(NCc1cccc(C(F)(F)F)c1)c1c[nH]c2ccccc12. The number of carbonyl (C=O) groups is 1. The quantitative estimate of drug-likeness (QED) is 0.650. The third-order valence-electron chi connectivity index (χ3n) is 3.94. The standard InChI is InChI=1S/C18H15F3N2O2/c19-18(20,21)12-5-3-4-11(8-12)9-23-16(17(24)25)14-10-22-15-7-2-1-6-13(14)15/h1-8,10,16,22-23H,9H2,(H,24,25). The first-order valence-electron chi connectivity index (χ1n) is 7.54. The van der Waals surface area contributed by atoms with E-state index in [-0.39, 0.29) is 6.54 Å². The van der Waals surface area contributed by atoms with Crippen LogP contribution in [-0.2, 0) is 17.5 Å². The van der Waals surface area contributed by atoms with E-state index in [4.69, 9.17) is 0 Å². The lowest BCUT2D eigenvalue weighted by Gasteiger charge is -2.15. The van der Waals surface area contributed by atoms with E-state index < -0.39 is 23.8 Å². The van der Waals surface area contributed by atoms with Crippen molar-refractivity contribution in [2.24, 2.45) is 0 Å². The lowest BCUT2D eigenvalue weighted by Crippen LogP contribution is -2.28. The van der Waals surface area contributed by atoms with Gasteiger partial charge in [0, 0.05) is 29.2 Å². The van der Waals surface area contributed by atoms with Crippen LogP contribution in [0.5, 0.6) is 0 Å². The Morgan fingerprint density at radius 3 is 2.64 bits per heavy atom. The highest BCUT2D eigenvalue weighted by molar-refractivity contribution is 5.89. The number of carboxylic acid groups (broad SMARTS) is 1. The average Bonchev–Trinajstić information content (AvgIpc) is 2.98. The van der Waals surface area contributed by atoms with Gasteiger partial charge in [0.15, 0.2) is 0 Å². The van der Waals surface area contributed by atoms with Gasteiger partial charge in [0.25, 0.3) is 0 Å². The molecule has 0 saturated heterocycles. The molecule has 3 aromatic rings. The Hall–Kier alpha value is -2.80. The van der Waals surface area contributed by atoms with Crippen molar-refractivity contribution in [2.75, 3.05) is 0 Å². The summed E-state index contributed by atoms with van der Waals surface area (Å²) in [5.41, 5.74) is 0.936. The Kier molecular flexibility index (Phi) is 4.50. The topological polar surface area (TPSA) is 65.1 Å². The Bertz CT molecular complexity index is 902. The van der Waals surface area contributed by atoms with Crippen molar-refractivity contribution in [2.45, 2.75) is 18.8 Å². The van der Waals surface area contributed by atoms with E-state index in [2.05, 4.69) is 10.3 Å². The van der Waals surface area contributed by atoms with Gasteiger partial charge in [0.1, 0.15) is 6.04 Å². The largest absolute Gasteiger partial charge is 0.480 e. The second kappa shape index (κ2) is 6.60. The molecule has 0 spiro atoms. The van der Waals surface area contributed by atoms with Crippen molar-refractivity contribution in [1.82, 2.24) is 10.3 Å². The summed E-state index contributed by atoms with van der Waals surface area (Å²) in [5.74, 6) is -1.10. The maximum Gasteiger partial charge on any atom is 0.416 e. The molecular weight excluding hydrogens is 333 g/mol. The summed E-state index contributed by atoms with van der Waals surface area (Å²) in [4.78, 5) is 14.6. The fourth-order valence-corrected chi connectivity index (χ4v) is 2.74. The van der Waals surface area contributed by atoms with E-state index in [1.54, 1.807) is 18.3 Å². The number of H-pyrrole nitrogens is 1. The Morgan fingerprint density at radius 1 is 1.16 bits per heavy atom. The summed E-state index contributed by atoms with van der Waals surface area (Å²) in [6.45, 7) is 0.000390. The number of para-hydroxylation sites is 1. The summed E-state index contributed by atoms with van der Waals surface area (Å²) in [6.07, 6.45) is -2.83. The van der Waals surface area contributed by atoms with Crippen LogP contribution in [0.15, 0.2) is 54.7 Å². The van der Waals surface area contributed by atoms with Crippen molar-refractivity contribution < 1.29 is 23.1 Å². The van der Waals surface area contributed by atoms with Crippen LogP contribution in [0.4, 0.5) is 13.2 Å². The first-order valence-corrected chi connectivity index (χ1v) is 7.54. The summed E-state index contributed by atoms with van der Waals surface area (Å²) in [6, 6.07) is 11.0. The number of aromatic nitrogens is 1. The predicted octanol–water partition coefficient (Wildman–Crippen LogP) is 4.10. The molecule has 0 aliphatic rings. The summed E-state index contributed by atoms with van der Waals surface area (Å²) < 4.78 is 38.3. The molecule has 130 valence electrons. The molecule has 2 aromatic carbocycles. The maximum absolute atomic E-state index is 12.8. The van der Waals surface area contributed by atoms with Gasteiger partial charge in [-0.15, -0.1) is 0 Å². The minimum Gasteiger partial charge on any atom is -0.480 e. The third kappa shape index (κ3) is 3.66. The highest BCUT2D eigenvalue weighted by Crippen LogP contribution is 2.30. The second-order valence-corrected chi connectivity index (χ2v) is 5.64. The summed E-state index contributed by atoms with van der Waals surface area (Å²) >= 11 is 0. The van der Waals surface area contributed by atoms with Crippen LogP contribution in [0.2, 0.25) is 0 Å². The molecule has 0 radical (unpaired) electrons. The Balaban J connectivity index is 1.83. The van der Waals surface area contributed by atoms with Crippen molar-refractivity contribution >= 4 is 16.9 Å². The maximum atomic E-state index is 12.8. The van der Waals surface area contributed by atoms with Crippen LogP contribution in [0.25, 0.3) is 10.9 Å². The normalized spacial score (nSPS) is 13.1. The van der Waals surface area contributed by atoms with E-state index >= 15 is 0 Å². The van der Waals surface area contributed by atoms with E-state index in [9.17, 15) is 23.1 Å². The van der Waals surface area contributed by atoms with Gasteiger partial charge in [0.05, 0.1) is 5.56 Å². The number of nitrogens with one attached hydrogen (secondary N) is 2. The van der Waals surface area contributed by atoms with Crippen molar-refractivity contribution in [3.05, 3.63) is 71.4 Å². The van der Waals surface area contributed by atoms with Gasteiger partial charge in [-0.1, -0.05) is 36.4 Å². The molecule has 3 N–H and O–H groups in total. The van der Waals surface area contributed by atoms with Crippen LogP contribution in [0.1, 0.15) is 22.7 Å². The van der Waals surface area contributed by atoms with Gasteiger partial charge < -0.3 is 10.1 Å². The van der Waals surface area contributed by atoms with Crippen LogP contribution in [0, 0.1) is 0 Å². The summed E-state index contributed by atoms with van der Waals surface area (Å²) in [5, 5.41) is 13.1. The number of carboxylic acids is 1. The number of benzene rings is 2. The predicted molar refractivity (Wildman–Crippen MR) is 87.0 cm³/mol. The minimum atomic E-state index is -4.43. The van der Waals surface area contributed by atoms with E-state index in [1.807, 2.05) is 12.1 Å². The molecule has 0 aliphatic carbocycles. The molecule has 0 bridgehead atoms. The lowest BCUT2D eigenvalue weighted by atomic mass is 10.0. The summed E-state index contributed by atoms with van der Waals surface area (Å²) in [7, 11) is 0. The first kappa shape index (κ1) is 17.0. The number of aromatic amines is 1.